The lowest BCUT2D eigenvalue weighted by atomic mass is 10.1. The number of carbonyl (C=O) groups is 3. The molecule has 4 rings (SSSR count). The summed E-state index contributed by atoms with van der Waals surface area (Å²) in [4.78, 5) is 56.5. The SMILES string of the molecule is CCOc1ccc2ccc(OCC(=O)N3[C@H](c4cc([N+](=O)[O-])cc(OC)c4OCC)N(C)C(=O)[C@@H]3C)nc2c1CC(=O)O. The van der Waals surface area contributed by atoms with Gasteiger partial charge in [-0.05, 0) is 39.0 Å². The molecule has 0 aliphatic carbocycles. The van der Waals surface area contributed by atoms with Gasteiger partial charge in [-0.3, -0.25) is 24.5 Å². The minimum absolute atomic E-state index is 0.0521. The Morgan fingerprint density at radius 2 is 1.77 bits per heavy atom. The highest BCUT2D eigenvalue weighted by Crippen LogP contribution is 2.44. The van der Waals surface area contributed by atoms with E-state index in [1.54, 1.807) is 45.0 Å². The molecule has 0 saturated carbocycles. The molecule has 0 radical (unpaired) electrons. The number of nitro benzene ring substituents is 1. The van der Waals surface area contributed by atoms with Gasteiger partial charge in [-0.2, -0.15) is 0 Å². The van der Waals surface area contributed by atoms with Gasteiger partial charge in [-0.25, -0.2) is 4.98 Å². The fourth-order valence-electron chi connectivity index (χ4n) is 5.11. The topological polar surface area (TPSA) is 171 Å². The van der Waals surface area contributed by atoms with Gasteiger partial charge in [0.25, 0.3) is 11.6 Å². The van der Waals surface area contributed by atoms with Crippen molar-refractivity contribution >= 4 is 34.4 Å². The van der Waals surface area contributed by atoms with Crippen molar-refractivity contribution in [3.8, 4) is 23.1 Å². The molecule has 2 amide bonds. The molecule has 0 spiro atoms. The number of hydrogen-bond acceptors (Lipinski definition) is 10. The first-order valence-corrected chi connectivity index (χ1v) is 13.5. The maximum Gasteiger partial charge on any atom is 0.308 e. The fraction of sp³-hybridized carbons (Fsp3) is 0.379. The van der Waals surface area contributed by atoms with E-state index in [1.165, 1.54) is 36.1 Å². The number of fused-ring (bicyclic) bond motifs is 1. The predicted octanol–water partition coefficient (Wildman–Crippen LogP) is 3.34. The summed E-state index contributed by atoms with van der Waals surface area (Å²) in [5.74, 6) is -1.37. The summed E-state index contributed by atoms with van der Waals surface area (Å²) in [6.07, 6.45) is -1.40. The van der Waals surface area contributed by atoms with E-state index < -0.39 is 41.5 Å². The Kier molecular flexibility index (Phi) is 9.17. The van der Waals surface area contributed by atoms with Gasteiger partial charge in [0.15, 0.2) is 18.1 Å². The van der Waals surface area contributed by atoms with Gasteiger partial charge in [0.1, 0.15) is 18.0 Å². The number of rotatable bonds is 12. The highest BCUT2D eigenvalue weighted by molar-refractivity contribution is 5.92. The quantitative estimate of drug-likeness (QED) is 0.240. The largest absolute Gasteiger partial charge is 0.493 e. The van der Waals surface area contributed by atoms with Crippen LogP contribution in [0.4, 0.5) is 5.69 Å². The number of likely N-dealkylation sites (N-methyl/N-ethyl adjacent to an activating group) is 1. The van der Waals surface area contributed by atoms with Crippen LogP contribution in [0.15, 0.2) is 36.4 Å². The van der Waals surface area contributed by atoms with Crippen LogP contribution in [0.2, 0.25) is 0 Å². The van der Waals surface area contributed by atoms with Crippen LogP contribution in [0.1, 0.15) is 38.1 Å². The molecule has 14 heteroatoms. The lowest BCUT2D eigenvalue weighted by molar-refractivity contribution is -0.385. The summed E-state index contributed by atoms with van der Waals surface area (Å²) in [6.45, 7) is 5.04. The fourth-order valence-corrected chi connectivity index (χ4v) is 5.11. The zero-order valence-corrected chi connectivity index (χ0v) is 24.4. The number of aliphatic carboxylic acids is 1. The van der Waals surface area contributed by atoms with Crippen LogP contribution < -0.4 is 18.9 Å². The van der Waals surface area contributed by atoms with Crippen molar-refractivity contribution in [1.29, 1.82) is 0 Å². The molecule has 0 unspecified atom stereocenters. The average molecular weight is 597 g/mol. The number of methoxy groups -OCH3 is 1. The van der Waals surface area contributed by atoms with Crippen LogP contribution in [0, 0.1) is 10.1 Å². The van der Waals surface area contributed by atoms with E-state index in [0.717, 1.165) is 0 Å². The molecule has 2 aromatic carbocycles. The molecule has 1 fully saturated rings. The number of nitro groups is 1. The zero-order chi connectivity index (χ0) is 31.4. The van der Waals surface area contributed by atoms with Crippen molar-refractivity contribution in [2.75, 3.05) is 34.0 Å². The Morgan fingerprint density at radius 1 is 1.07 bits per heavy atom. The Bertz CT molecular complexity index is 1580. The molecular formula is C29H32N4O10. The first-order valence-electron chi connectivity index (χ1n) is 13.5. The van der Waals surface area contributed by atoms with Gasteiger partial charge >= 0.3 is 5.97 Å². The average Bonchev–Trinajstić information content (AvgIpc) is 3.20. The predicted molar refractivity (Wildman–Crippen MR) is 152 cm³/mol. The van der Waals surface area contributed by atoms with Gasteiger partial charge in [0.2, 0.25) is 11.8 Å². The summed E-state index contributed by atoms with van der Waals surface area (Å²) in [5, 5.41) is 21.8. The molecule has 3 aromatic rings. The Labute approximate surface area is 246 Å². The Balaban J connectivity index is 1.69. The van der Waals surface area contributed by atoms with Crippen LogP contribution >= 0.6 is 0 Å². The van der Waals surface area contributed by atoms with E-state index in [-0.39, 0.29) is 41.7 Å². The minimum atomic E-state index is -1.07. The summed E-state index contributed by atoms with van der Waals surface area (Å²) in [5.41, 5.74) is 0.619. The molecule has 1 aliphatic rings. The molecule has 43 heavy (non-hydrogen) atoms. The number of benzene rings is 2. The lowest BCUT2D eigenvalue weighted by Gasteiger charge is -2.30. The monoisotopic (exact) mass is 596 g/mol. The number of carboxylic acid groups (broad SMARTS) is 1. The van der Waals surface area contributed by atoms with Crippen molar-refractivity contribution in [2.24, 2.45) is 0 Å². The van der Waals surface area contributed by atoms with Crippen molar-refractivity contribution in [3.05, 3.63) is 57.6 Å². The highest BCUT2D eigenvalue weighted by Gasteiger charge is 2.47. The van der Waals surface area contributed by atoms with Gasteiger partial charge < -0.3 is 33.9 Å². The van der Waals surface area contributed by atoms with E-state index in [0.29, 0.717) is 28.8 Å². The minimum Gasteiger partial charge on any atom is -0.493 e. The van der Waals surface area contributed by atoms with Gasteiger partial charge in [0, 0.05) is 35.7 Å². The number of non-ortho nitro benzene ring substituents is 1. The van der Waals surface area contributed by atoms with E-state index >= 15 is 0 Å². The maximum absolute atomic E-state index is 13.7. The molecule has 14 nitrogen and oxygen atoms in total. The van der Waals surface area contributed by atoms with Gasteiger partial charge in [-0.15, -0.1) is 0 Å². The summed E-state index contributed by atoms with van der Waals surface area (Å²) in [6, 6.07) is 8.20. The third-order valence-corrected chi connectivity index (χ3v) is 6.98. The second-order valence-electron chi connectivity index (χ2n) is 9.61. The number of amides is 2. The number of carboxylic acids is 1. The molecule has 0 bridgehead atoms. The molecule has 1 aromatic heterocycles. The number of carbonyl (C=O) groups excluding carboxylic acids is 2. The molecule has 228 valence electrons. The van der Waals surface area contributed by atoms with Crippen LogP contribution in [0.3, 0.4) is 0 Å². The van der Waals surface area contributed by atoms with E-state index in [1.807, 2.05) is 0 Å². The maximum atomic E-state index is 13.7. The molecule has 2 atom stereocenters. The molecule has 1 saturated heterocycles. The van der Waals surface area contributed by atoms with E-state index in [4.69, 9.17) is 18.9 Å². The Morgan fingerprint density at radius 3 is 2.40 bits per heavy atom. The second kappa shape index (κ2) is 12.8. The smallest absolute Gasteiger partial charge is 0.308 e. The number of aromatic nitrogens is 1. The zero-order valence-electron chi connectivity index (χ0n) is 24.4. The third-order valence-electron chi connectivity index (χ3n) is 6.98. The van der Waals surface area contributed by atoms with Crippen LogP contribution in [0.25, 0.3) is 10.9 Å². The standard InChI is InChI=1S/C29H32N4O10/c1-6-41-21-10-8-17-9-11-23(30-26(17)19(21)14-25(35)36)43-15-24(34)32-16(3)29(37)31(4)28(32)20-12-18(33(38)39)13-22(40-5)27(20)42-7-2/h8-13,16,28H,6-7,14-15H2,1-5H3,(H,35,36)/t16-,28+/m0/s1. The third kappa shape index (κ3) is 6.08. The van der Waals surface area contributed by atoms with Crippen LogP contribution in [-0.2, 0) is 20.8 Å². The molecule has 1 N–H and O–H groups in total. The molecule has 1 aliphatic heterocycles. The second-order valence-corrected chi connectivity index (χ2v) is 9.61. The summed E-state index contributed by atoms with van der Waals surface area (Å²) >= 11 is 0. The number of hydrogen-bond donors (Lipinski definition) is 1. The number of pyridine rings is 1. The van der Waals surface area contributed by atoms with Crippen molar-refractivity contribution in [3.63, 3.8) is 0 Å². The summed E-state index contributed by atoms with van der Waals surface area (Å²) in [7, 11) is 2.83. The first-order chi connectivity index (χ1) is 20.5. The molecule has 2 heterocycles. The van der Waals surface area contributed by atoms with Crippen molar-refractivity contribution < 1.29 is 43.4 Å². The Hall–Kier alpha value is -5.14. The van der Waals surface area contributed by atoms with Crippen molar-refractivity contribution in [1.82, 2.24) is 14.8 Å². The van der Waals surface area contributed by atoms with Crippen LogP contribution in [0.5, 0.6) is 23.1 Å². The number of ether oxygens (including phenoxy) is 4. The first kappa shape index (κ1) is 30.8. The van der Waals surface area contributed by atoms with Gasteiger partial charge in [0.05, 0.1) is 43.3 Å². The summed E-state index contributed by atoms with van der Waals surface area (Å²) < 4.78 is 22.5. The molecular weight excluding hydrogens is 564 g/mol. The number of nitrogens with zero attached hydrogens (tertiary/aromatic N) is 4. The van der Waals surface area contributed by atoms with Crippen molar-refractivity contribution in [2.45, 2.75) is 39.4 Å². The van der Waals surface area contributed by atoms with E-state index in [9.17, 15) is 29.6 Å². The van der Waals surface area contributed by atoms with Gasteiger partial charge in [-0.1, -0.05) is 0 Å². The van der Waals surface area contributed by atoms with E-state index in [2.05, 4.69) is 4.98 Å². The normalized spacial score (nSPS) is 16.3. The van der Waals surface area contributed by atoms with Crippen LogP contribution in [-0.4, -0.2) is 82.6 Å². The lowest BCUT2D eigenvalue weighted by Crippen LogP contribution is -2.41. The highest BCUT2D eigenvalue weighted by atomic mass is 16.6.